The van der Waals surface area contributed by atoms with Crippen molar-refractivity contribution < 1.29 is 19.1 Å². The van der Waals surface area contributed by atoms with Crippen LogP contribution in [-0.2, 0) is 30.4 Å². The van der Waals surface area contributed by atoms with E-state index in [4.69, 9.17) is 38.1 Å². The van der Waals surface area contributed by atoms with Gasteiger partial charge in [0.05, 0.1) is 31.4 Å². The molecule has 2 aliphatic rings. The molecule has 2 saturated heterocycles. The number of hydrogen-bond donors (Lipinski definition) is 1. The van der Waals surface area contributed by atoms with Gasteiger partial charge in [-0.05, 0) is 114 Å². The van der Waals surface area contributed by atoms with Crippen LogP contribution in [0.2, 0.25) is 8.67 Å². The van der Waals surface area contributed by atoms with Gasteiger partial charge < -0.3 is 15.0 Å². The summed E-state index contributed by atoms with van der Waals surface area (Å²) in [6, 6.07) is 7.96. The first-order valence-corrected chi connectivity index (χ1v) is 22.8. The van der Waals surface area contributed by atoms with Gasteiger partial charge in [0.15, 0.2) is 0 Å². The number of aromatic nitrogens is 4. The predicted octanol–water partition coefficient (Wildman–Crippen LogP) is 10.7. The van der Waals surface area contributed by atoms with E-state index in [1.54, 1.807) is 43.0 Å². The average Bonchev–Trinajstić information content (AvgIpc) is 3.96. The van der Waals surface area contributed by atoms with Gasteiger partial charge >= 0.3 is 6.09 Å². The molecular weight excluding hydrogens is 812 g/mol. The van der Waals surface area contributed by atoms with Crippen molar-refractivity contribution in [2.75, 3.05) is 32.8 Å². The number of likely N-dealkylation sites (tertiary alicyclic amines) is 1. The highest BCUT2D eigenvalue weighted by Crippen LogP contribution is 2.34. The molecule has 6 heterocycles. The third-order valence-electron chi connectivity index (χ3n) is 10.9. The van der Waals surface area contributed by atoms with Crippen molar-refractivity contribution in [3.63, 3.8) is 0 Å². The fraction of sp³-hybridized carbons (Fsp3) is 0.568. The molecule has 58 heavy (non-hydrogen) atoms. The van der Waals surface area contributed by atoms with E-state index in [9.17, 15) is 14.4 Å². The largest absolute Gasteiger partial charge is 0.445 e. The van der Waals surface area contributed by atoms with Gasteiger partial charge in [-0.3, -0.25) is 9.59 Å². The van der Waals surface area contributed by atoms with E-state index in [1.807, 2.05) is 59.7 Å². The molecule has 0 aromatic carbocycles. The van der Waals surface area contributed by atoms with Crippen molar-refractivity contribution in [2.24, 2.45) is 10.8 Å². The topological polar surface area (TPSA) is 111 Å². The number of piperidine rings is 2. The van der Waals surface area contributed by atoms with Crippen LogP contribution < -0.4 is 5.32 Å². The Bertz CT molecular complexity index is 2050. The Labute approximate surface area is 362 Å². The summed E-state index contributed by atoms with van der Waals surface area (Å²) in [5.74, 6) is 0.721. The summed E-state index contributed by atoms with van der Waals surface area (Å²) in [6.45, 7) is 22.9. The van der Waals surface area contributed by atoms with E-state index in [1.165, 1.54) is 15.3 Å². The number of rotatable bonds is 10. The minimum atomic E-state index is -0.533. The van der Waals surface area contributed by atoms with Crippen molar-refractivity contribution in [3.05, 3.63) is 89.2 Å². The lowest BCUT2D eigenvalue weighted by molar-refractivity contribution is 0.0737. The zero-order valence-corrected chi connectivity index (χ0v) is 38.5. The molecule has 0 unspecified atom stereocenters. The molecule has 1 amide bonds. The molecule has 6 rings (SSSR count). The van der Waals surface area contributed by atoms with E-state index in [0.717, 1.165) is 101 Å². The van der Waals surface area contributed by atoms with Gasteiger partial charge in [0.2, 0.25) is 0 Å². The summed E-state index contributed by atoms with van der Waals surface area (Å²) in [4.78, 5) is 42.5. The maximum Gasteiger partial charge on any atom is 0.410 e. The van der Waals surface area contributed by atoms with Crippen LogP contribution in [0.3, 0.4) is 0 Å². The maximum absolute atomic E-state index is 13.2. The van der Waals surface area contributed by atoms with Crippen molar-refractivity contribution in [1.29, 1.82) is 0 Å². The summed E-state index contributed by atoms with van der Waals surface area (Å²) in [6.07, 6.45) is 8.26. The van der Waals surface area contributed by atoms with E-state index >= 15 is 0 Å². The Morgan fingerprint density at radius 1 is 0.759 bits per heavy atom. The first kappa shape index (κ1) is 45.8. The number of aryl methyl sites for hydroxylation is 2. The summed E-state index contributed by atoms with van der Waals surface area (Å²) in [7, 11) is 0. The normalized spacial score (nSPS) is 15.6. The van der Waals surface area contributed by atoms with Crippen LogP contribution in [0.1, 0.15) is 132 Å². The monoisotopic (exact) mass is 870 g/mol. The second kappa shape index (κ2) is 19.8. The van der Waals surface area contributed by atoms with E-state index < -0.39 is 10.8 Å². The van der Waals surface area contributed by atoms with Crippen molar-refractivity contribution >= 4 is 63.8 Å². The minimum Gasteiger partial charge on any atom is -0.445 e. The van der Waals surface area contributed by atoms with Gasteiger partial charge in [0, 0.05) is 45.5 Å². The fourth-order valence-corrected chi connectivity index (χ4v) is 9.72. The van der Waals surface area contributed by atoms with Crippen LogP contribution in [0.15, 0.2) is 36.9 Å². The number of ether oxygens (including phenoxy) is 1. The molecule has 2 aliphatic heterocycles. The van der Waals surface area contributed by atoms with Crippen LogP contribution in [-0.4, -0.2) is 75.2 Å². The number of thiophene rings is 2. The highest BCUT2D eigenvalue weighted by molar-refractivity contribution is 7.16. The minimum absolute atomic E-state index is 0.00324. The molecule has 0 saturated carbocycles. The van der Waals surface area contributed by atoms with Crippen LogP contribution >= 0.6 is 45.9 Å². The number of carbonyl (C=O) groups excluding carboxylic acids is 3. The molecule has 0 spiro atoms. The molecule has 0 bridgehead atoms. The number of nitrogens with zero attached hydrogens (tertiary/aromatic N) is 5. The number of carbonyl (C=O) groups is 3. The van der Waals surface area contributed by atoms with E-state index in [-0.39, 0.29) is 30.4 Å². The first-order chi connectivity index (χ1) is 27.4. The zero-order valence-electron chi connectivity index (χ0n) is 35.4. The van der Waals surface area contributed by atoms with Crippen molar-refractivity contribution in [1.82, 2.24) is 29.8 Å². The van der Waals surface area contributed by atoms with Gasteiger partial charge in [-0.1, -0.05) is 77.4 Å². The quantitative estimate of drug-likeness (QED) is 0.158. The van der Waals surface area contributed by atoms with Crippen molar-refractivity contribution in [2.45, 2.75) is 119 Å². The molecule has 1 N–H and O–H groups in total. The van der Waals surface area contributed by atoms with Crippen LogP contribution in [0.5, 0.6) is 0 Å². The number of nitrogens with one attached hydrogen (secondary N) is 1. The molecule has 2 fully saturated rings. The van der Waals surface area contributed by atoms with Crippen LogP contribution in [0, 0.1) is 24.7 Å². The van der Waals surface area contributed by atoms with Crippen LogP contribution in [0.4, 0.5) is 4.79 Å². The molecule has 0 aliphatic carbocycles. The summed E-state index contributed by atoms with van der Waals surface area (Å²) >= 11 is 15.3. The highest BCUT2D eigenvalue weighted by atomic mass is 35.5. The highest BCUT2D eigenvalue weighted by Gasteiger charge is 2.33. The Hall–Kier alpha value is -3.29. The lowest BCUT2D eigenvalue weighted by Gasteiger charge is -2.30. The zero-order chi connectivity index (χ0) is 42.4. The summed E-state index contributed by atoms with van der Waals surface area (Å²) < 4.78 is 10.1. The molecule has 10 nitrogen and oxygen atoms in total. The standard InChI is InChI=1S/C24H32ClN3O3S.C20H28ClN3OS/c1-6-15-31-23(30)27-13-11-17(12-14-27)21-16(2)19(9-7-18-8-10-20(25)32-18)28(26-21)22(29)24(3,4)5;1-13-16(7-5-15-6-8-17(21)26-15)24(19(25)20(2,3)4)23-18(13)14-9-11-22-12-10-14/h6,8,10,17H,1,7,9,11-15H2,2-5H3;6,8,14,22H,5,7,9-12H2,1-4H3. The Morgan fingerprint density at radius 3 is 1.57 bits per heavy atom. The van der Waals surface area contributed by atoms with Gasteiger partial charge in [-0.15, -0.1) is 22.7 Å². The van der Waals surface area contributed by atoms with E-state index in [0.29, 0.717) is 19.0 Å². The molecule has 316 valence electrons. The Morgan fingerprint density at radius 2 is 1.19 bits per heavy atom. The molecule has 4 aromatic heterocycles. The number of amides is 1. The maximum atomic E-state index is 13.2. The smallest absolute Gasteiger partial charge is 0.410 e. The van der Waals surface area contributed by atoms with Gasteiger partial charge in [-0.25, -0.2) is 14.2 Å². The van der Waals surface area contributed by atoms with Gasteiger partial charge in [-0.2, -0.15) is 10.2 Å². The molecule has 0 radical (unpaired) electrons. The van der Waals surface area contributed by atoms with Crippen molar-refractivity contribution in [3.8, 4) is 0 Å². The summed E-state index contributed by atoms with van der Waals surface area (Å²) in [5.41, 5.74) is 5.40. The lowest BCUT2D eigenvalue weighted by Crippen LogP contribution is -2.38. The molecular formula is C44H60Cl2N6O4S2. The second-order valence-corrected chi connectivity index (χ2v) is 21.0. The third-order valence-corrected chi connectivity index (χ3v) is 13.5. The third kappa shape index (κ3) is 11.5. The first-order valence-electron chi connectivity index (χ1n) is 20.4. The molecule has 4 aromatic rings. The number of halogens is 2. The Balaban J connectivity index is 0.000000226. The van der Waals surface area contributed by atoms with Crippen LogP contribution in [0.25, 0.3) is 0 Å². The Kier molecular flexibility index (Phi) is 15.7. The fourth-order valence-electron chi connectivity index (χ4n) is 7.54. The van der Waals surface area contributed by atoms with Gasteiger partial charge in [0.1, 0.15) is 6.61 Å². The van der Waals surface area contributed by atoms with Gasteiger partial charge in [0.25, 0.3) is 11.8 Å². The average molecular weight is 872 g/mol. The predicted molar refractivity (Wildman–Crippen MR) is 238 cm³/mol. The SMILES string of the molecule is C=CCOC(=O)N1CCC(c2nn(C(=O)C(C)(C)C)c(CCc3ccc(Cl)s3)c2C)CC1.Cc1c(C2CCNCC2)nn(C(=O)C(C)(C)C)c1CCc1ccc(Cl)s1. The lowest BCUT2D eigenvalue weighted by atomic mass is 9.90. The summed E-state index contributed by atoms with van der Waals surface area (Å²) in [5, 5.41) is 13.1. The molecule has 14 heteroatoms. The van der Waals surface area contributed by atoms with E-state index in [2.05, 4.69) is 31.8 Å². The number of hydrogen-bond acceptors (Lipinski definition) is 9. The second-order valence-electron chi connectivity index (χ2n) is 17.4. The molecule has 0 atom stereocenters.